The van der Waals surface area contributed by atoms with Crippen molar-refractivity contribution in [3.8, 4) is 28.3 Å². The van der Waals surface area contributed by atoms with Crippen molar-refractivity contribution in [2.24, 2.45) is 5.92 Å². The van der Waals surface area contributed by atoms with Crippen LogP contribution in [0, 0.1) is 11.7 Å². The zero-order chi connectivity index (χ0) is 34.8. The van der Waals surface area contributed by atoms with Crippen LogP contribution in [0.5, 0.6) is 5.75 Å². The SMILES string of the molecule is COC(=O)NC(C(=O)N1CCC[C@H]1c1ncc(-c2cc(F)c3c(c2)OC(c2cnc(C(C)(C)O)s2)n2c-3cc3cc(Cl)ccc32)[nH]1)C(C)C. The smallest absolute Gasteiger partial charge is 0.407 e. The fourth-order valence-electron chi connectivity index (χ4n) is 6.62. The summed E-state index contributed by atoms with van der Waals surface area (Å²) in [6.45, 7) is 7.59. The average Bonchev–Trinajstić information content (AvgIpc) is 3.87. The molecule has 49 heavy (non-hydrogen) atoms. The maximum atomic E-state index is 16.3. The Morgan fingerprint density at radius 2 is 2.00 bits per heavy atom. The van der Waals surface area contributed by atoms with Gasteiger partial charge in [0.25, 0.3) is 0 Å². The number of methoxy groups -OCH3 is 1. The molecule has 3 N–H and O–H groups in total. The Bertz CT molecular complexity index is 2080. The molecule has 2 amide bonds. The lowest BCUT2D eigenvalue weighted by atomic mass is 10.0. The standard InChI is InChI=1S/C35H36ClFN6O5S/c1-17(2)29(41-34(45)47-5)31(44)42-10-6-7-24(42)30-38-15-22(40-30)18-12-21(37)28-25-13-19-11-20(36)8-9-23(19)43(25)32(48-26(28)14-18)27-16-39-33(49-27)35(3,4)46/h8-9,11-17,24,29,32,46H,6-7,10H2,1-5H3,(H,38,40)(H,41,45)/t24-,29?,32?/m0/s1. The fraction of sp³-hybridized carbons (Fsp3) is 0.371. The summed E-state index contributed by atoms with van der Waals surface area (Å²) in [5, 5.41) is 15.2. The second kappa shape index (κ2) is 12.5. The molecule has 1 fully saturated rings. The molecular formula is C35H36ClFN6O5S. The van der Waals surface area contributed by atoms with E-state index >= 15 is 4.39 Å². The third-order valence-electron chi connectivity index (χ3n) is 9.02. The molecule has 0 saturated carbocycles. The number of aliphatic hydroxyl groups is 1. The van der Waals surface area contributed by atoms with Gasteiger partial charge in [-0.3, -0.25) is 9.36 Å². The van der Waals surface area contributed by atoms with Crippen molar-refractivity contribution in [2.75, 3.05) is 13.7 Å². The summed E-state index contributed by atoms with van der Waals surface area (Å²) in [6, 6.07) is 9.52. The first kappa shape index (κ1) is 33.1. The molecule has 3 atom stereocenters. The van der Waals surface area contributed by atoms with E-state index in [1.165, 1.54) is 24.5 Å². The van der Waals surface area contributed by atoms with Gasteiger partial charge in [0, 0.05) is 28.7 Å². The number of thiazole rings is 1. The summed E-state index contributed by atoms with van der Waals surface area (Å²) in [6.07, 6.45) is 3.40. The van der Waals surface area contributed by atoms with Crippen molar-refractivity contribution in [3.63, 3.8) is 0 Å². The first-order valence-corrected chi connectivity index (χ1v) is 17.2. The third-order valence-corrected chi connectivity index (χ3v) is 10.6. The normalized spacial score (nSPS) is 17.9. The third kappa shape index (κ3) is 5.93. The van der Waals surface area contributed by atoms with Gasteiger partial charge in [0.05, 0.1) is 46.7 Å². The minimum Gasteiger partial charge on any atom is -0.464 e. The Morgan fingerprint density at radius 1 is 1.20 bits per heavy atom. The van der Waals surface area contributed by atoms with Crippen LogP contribution in [-0.4, -0.2) is 61.2 Å². The molecule has 0 spiro atoms. The molecule has 14 heteroatoms. The monoisotopic (exact) mass is 706 g/mol. The van der Waals surface area contributed by atoms with Gasteiger partial charge in [0.2, 0.25) is 12.1 Å². The van der Waals surface area contributed by atoms with Crippen molar-refractivity contribution in [2.45, 2.75) is 64.4 Å². The quantitative estimate of drug-likeness (QED) is 0.164. The molecule has 0 aliphatic carbocycles. The molecule has 5 aromatic rings. The molecule has 0 radical (unpaired) electrons. The number of hydrogen-bond donors (Lipinski definition) is 3. The molecular weight excluding hydrogens is 671 g/mol. The van der Waals surface area contributed by atoms with E-state index in [0.29, 0.717) is 57.1 Å². The number of carbonyl (C=O) groups excluding carboxylic acids is 2. The van der Waals surface area contributed by atoms with Gasteiger partial charge >= 0.3 is 6.09 Å². The Kier molecular flexibility index (Phi) is 8.40. The van der Waals surface area contributed by atoms with Gasteiger partial charge in [-0.2, -0.15) is 0 Å². The number of fused-ring (bicyclic) bond motifs is 5. The minimum atomic E-state index is -1.14. The highest BCUT2D eigenvalue weighted by atomic mass is 35.5. The van der Waals surface area contributed by atoms with E-state index in [9.17, 15) is 14.7 Å². The van der Waals surface area contributed by atoms with Gasteiger partial charge in [-0.1, -0.05) is 25.4 Å². The second-order valence-corrected chi connectivity index (χ2v) is 14.8. The van der Waals surface area contributed by atoms with Crippen molar-refractivity contribution in [3.05, 3.63) is 75.3 Å². The molecule has 256 valence electrons. The summed E-state index contributed by atoms with van der Waals surface area (Å²) in [4.78, 5) is 40.5. The number of imidazole rings is 1. The highest BCUT2D eigenvalue weighted by Crippen LogP contribution is 2.48. The largest absolute Gasteiger partial charge is 0.464 e. The maximum Gasteiger partial charge on any atom is 0.407 e. The van der Waals surface area contributed by atoms with E-state index in [-0.39, 0.29) is 17.9 Å². The molecule has 2 aromatic carbocycles. The Morgan fingerprint density at radius 3 is 2.71 bits per heavy atom. The van der Waals surface area contributed by atoms with Crippen LogP contribution in [0.1, 0.15) is 68.5 Å². The number of rotatable bonds is 7. The minimum absolute atomic E-state index is 0.162. The van der Waals surface area contributed by atoms with Crippen molar-refractivity contribution >= 4 is 45.8 Å². The average molecular weight is 707 g/mol. The van der Waals surface area contributed by atoms with Crippen molar-refractivity contribution in [1.29, 1.82) is 0 Å². The number of hydrogen-bond acceptors (Lipinski definition) is 8. The predicted molar refractivity (Wildman–Crippen MR) is 184 cm³/mol. The lowest BCUT2D eigenvalue weighted by molar-refractivity contribution is -0.135. The van der Waals surface area contributed by atoms with Crippen LogP contribution >= 0.6 is 22.9 Å². The fourth-order valence-corrected chi connectivity index (χ4v) is 7.74. The molecule has 2 aliphatic heterocycles. The number of nitrogens with one attached hydrogen (secondary N) is 2. The predicted octanol–water partition coefficient (Wildman–Crippen LogP) is 7.16. The Labute approximate surface area is 291 Å². The summed E-state index contributed by atoms with van der Waals surface area (Å²) < 4.78 is 29.5. The zero-order valence-corrected chi connectivity index (χ0v) is 29.2. The van der Waals surface area contributed by atoms with Gasteiger partial charge in [-0.15, -0.1) is 11.3 Å². The number of carbonyl (C=O) groups is 2. The molecule has 3 aromatic heterocycles. The topological polar surface area (TPSA) is 135 Å². The molecule has 2 unspecified atom stereocenters. The number of nitrogens with zero attached hydrogens (tertiary/aromatic N) is 4. The molecule has 5 heterocycles. The van der Waals surface area contributed by atoms with Gasteiger partial charge < -0.3 is 29.8 Å². The van der Waals surface area contributed by atoms with Crippen LogP contribution in [0.2, 0.25) is 5.02 Å². The lowest BCUT2D eigenvalue weighted by Gasteiger charge is -2.30. The van der Waals surface area contributed by atoms with Gasteiger partial charge in [-0.25, -0.2) is 19.2 Å². The number of benzene rings is 2. The lowest BCUT2D eigenvalue weighted by Crippen LogP contribution is -2.51. The van der Waals surface area contributed by atoms with E-state index in [1.807, 2.05) is 36.6 Å². The first-order valence-electron chi connectivity index (χ1n) is 16.0. The van der Waals surface area contributed by atoms with Gasteiger partial charge in [-0.05, 0) is 69.0 Å². The summed E-state index contributed by atoms with van der Waals surface area (Å²) >= 11 is 7.66. The van der Waals surface area contributed by atoms with Crippen LogP contribution < -0.4 is 10.1 Å². The number of aromatic nitrogens is 4. The Balaban J connectivity index is 1.25. The first-order chi connectivity index (χ1) is 23.3. The highest BCUT2D eigenvalue weighted by Gasteiger charge is 2.38. The van der Waals surface area contributed by atoms with Gasteiger partial charge in [0.15, 0.2) is 0 Å². The molecule has 1 saturated heterocycles. The van der Waals surface area contributed by atoms with E-state index in [4.69, 9.17) is 21.1 Å². The Hall–Kier alpha value is -4.46. The van der Waals surface area contributed by atoms with Crippen molar-refractivity contribution < 1.29 is 28.6 Å². The van der Waals surface area contributed by atoms with E-state index in [1.54, 1.807) is 43.3 Å². The van der Waals surface area contributed by atoms with Crippen LogP contribution in [0.4, 0.5) is 9.18 Å². The van der Waals surface area contributed by atoms with E-state index in [2.05, 4.69) is 20.3 Å². The maximum absolute atomic E-state index is 16.3. The number of alkyl carbamates (subject to hydrolysis) is 1. The highest BCUT2D eigenvalue weighted by molar-refractivity contribution is 7.11. The van der Waals surface area contributed by atoms with Crippen molar-refractivity contribution in [1.82, 2.24) is 29.7 Å². The number of halogens is 2. The molecule has 0 bridgehead atoms. The van der Waals surface area contributed by atoms with Gasteiger partial charge in [0.1, 0.15) is 34.0 Å². The second-order valence-electron chi connectivity index (χ2n) is 13.3. The zero-order valence-electron chi connectivity index (χ0n) is 27.6. The summed E-state index contributed by atoms with van der Waals surface area (Å²) in [7, 11) is 1.26. The number of likely N-dealkylation sites (tertiary alicyclic amines) is 1. The van der Waals surface area contributed by atoms with Crippen LogP contribution in [-0.2, 0) is 15.1 Å². The summed E-state index contributed by atoms with van der Waals surface area (Å²) in [5.41, 5.74) is 1.68. The van der Waals surface area contributed by atoms with E-state index < -0.39 is 29.8 Å². The van der Waals surface area contributed by atoms with Crippen LogP contribution in [0.25, 0.3) is 33.4 Å². The molecule has 11 nitrogen and oxygen atoms in total. The van der Waals surface area contributed by atoms with E-state index in [0.717, 1.165) is 22.2 Å². The number of aromatic amines is 1. The number of amides is 2. The van der Waals surface area contributed by atoms with Crippen LogP contribution in [0.15, 0.2) is 48.8 Å². The molecule has 7 rings (SSSR count). The van der Waals surface area contributed by atoms with Crippen LogP contribution in [0.3, 0.4) is 0 Å². The molecule has 2 aliphatic rings. The number of ether oxygens (including phenoxy) is 2. The summed E-state index contributed by atoms with van der Waals surface area (Å²) in [5.74, 6) is 0.0450. The number of H-pyrrole nitrogens is 1.